The summed E-state index contributed by atoms with van der Waals surface area (Å²) in [5, 5.41) is 7.54. The van der Waals surface area contributed by atoms with Crippen LogP contribution in [0.25, 0.3) is 11.4 Å². The number of hydrogen-bond acceptors (Lipinski definition) is 8. The van der Waals surface area contributed by atoms with Crippen molar-refractivity contribution in [2.75, 3.05) is 25.5 Å². The highest BCUT2D eigenvalue weighted by Crippen LogP contribution is 2.26. The summed E-state index contributed by atoms with van der Waals surface area (Å²) in [5.41, 5.74) is 0.800. The van der Waals surface area contributed by atoms with Gasteiger partial charge in [0.2, 0.25) is 16.0 Å². The smallest absolute Gasteiger partial charge is 0.240 e. The van der Waals surface area contributed by atoms with Crippen molar-refractivity contribution in [3.63, 3.8) is 0 Å². The zero-order valence-corrected chi connectivity index (χ0v) is 18.8. The highest BCUT2D eigenvalue weighted by atomic mass is 35.5. The van der Waals surface area contributed by atoms with Crippen LogP contribution in [0.1, 0.15) is 18.9 Å². The minimum atomic E-state index is -3.95. The molecule has 10 nitrogen and oxygen atoms in total. The van der Waals surface area contributed by atoms with E-state index in [0.717, 1.165) is 5.56 Å². The number of benzene rings is 1. The zero-order valence-electron chi connectivity index (χ0n) is 17.3. The number of methoxy groups -OCH3 is 2. The van der Waals surface area contributed by atoms with Crippen LogP contribution in [0, 0.1) is 0 Å². The monoisotopic (exact) mass is 466 g/mol. The van der Waals surface area contributed by atoms with Crippen molar-refractivity contribution in [1.82, 2.24) is 24.7 Å². The second-order valence-corrected chi connectivity index (χ2v) is 9.10. The van der Waals surface area contributed by atoms with Gasteiger partial charge in [-0.05, 0) is 6.92 Å². The third kappa shape index (κ3) is 5.37. The number of anilines is 1. The second-order valence-electron chi connectivity index (χ2n) is 6.63. The Kier molecular flexibility index (Phi) is 7.55. The lowest BCUT2D eigenvalue weighted by Gasteiger charge is -2.22. The molecule has 166 valence electrons. The molecule has 2 heterocycles. The van der Waals surface area contributed by atoms with Crippen molar-refractivity contribution in [1.29, 1.82) is 0 Å². The molecule has 0 amide bonds. The van der Waals surface area contributed by atoms with Gasteiger partial charge in [0.1, 0.15) is 11.4 Å². The highest BCUT2D eigenvalue weighted by Gasteiger charge is 2.34. The number of rotatable bonds is 10. The summed E-state index contributed by atoms with van der Waals surface area (Å²) in [4.78, 5) is 8.17. The number of nitrogens with one attached hydrogen (secondary N) is 1. The topological polar surface area (TPSA) is 121 Å². The molecule has 0 spiro atoms. The molecular weight excluding hydrogens is 444 g/mol. The van der Waals surface area contributed by atoms with Crippen LogP contribution in [0.2, 0.25) is 5.02 Å². The van der Waals surface area contributed by atoms with E-state index in [2.05, 4.69) is 24.9 Å². The summed E-state index contributed by atoms with van der Waals surface area (Å²) < 4.78 is 41.0. The van der Waals surface area contributed by atoms with Crippen LogP contribution in [-0.2, 0) is 26.0 Å². The molecule has 3 rings (SSSR count). The standard InChI is InChI=1S/C19H23ClN6O4S/c1-13(16(30-3)17-21-11-15(20)12-22-17)31(27,28)25-19-24-23-18(26(19)9-10-29-2)14-7-5-4-6-8-14/h4-8,11-13,16H,9-10H2,1-3H3,(H,24,25). The van der Waals surface area contributed by atoms with Crippen molar-refractivity contribution in [2.24, 2.45) is 0 Å². The Morgan fingerprint density at radius 2 is 1.81 bits per heavy atom. The van der Waals surface area contributed by atoms with E-state index in [0.29, 0.717) is 24.0 Å². The van der Waals surface area contributed by atoms with Crippen molar-refractivity contribution in [2.45, 2.75) is 24.8 Å². The van der Waals surface area contributed by atoms with Gasteiger partial charge in [-0.3, -0.25) is 9.29 Å². The fraction of sp³-hybridized carbons (Fsp3) is 0.368. The minimum Gasteiger partial charge on any atom is -0.383 e. The van der Waals surface area contributed by atoms with Crippen LogP contribution < -0.4 is 4.72 Å². The molecule has 12 heteroatoms. The molecule has 0 saturated heterocycles. The number of halogens is 1. The van der Waals surface area contributed by atoms with Gasteiger partial charge in [-0.1, -0.05) is 41.9 Å². The van der Waals surface area contributed by atoms with Crippen LogP contribution in [0.5, 0.6) is 0 Å². The third-order valence-electron chi connectivity index (χ3n) is 4.60. The Balaban J connectivity index is 1.90. The molecule has 0 aliphatic carbocycles. The summed E-state index contributed by atoms with van der Waals surface area (Å²) in [6, 6.07) is 9.35. The van der Waals surface area contributed by atoms with Crippen LogP contribution >= 0.6 is 11.6 Å². The van der Waals surface area contributed by atoms with Crippen molar-refractivity contribution in [3.8, 4) is 11.4 Å². The van der Waals surface area contributed by atoms with Crippen LogP contribution in [0.3, 0.4) is 0 Å². The molecule has 0 aliphatic heterocycles. The Morgan fingerprint density at radius 3 is 2.42 bits per heavy atom. The Bertz CT molecular complexity index is 1090. The fourth-order valence-electron chi connectivity index (χ4n) is 2.93. The van der Waals surface area contributed by atoms with E-state index in [9.17, 15) is 8.42 Å². The third-order valence-corrected chi connectivity index (χ3v) is 6.49. The second kappa shape index (κ2) is 10.1. The normalized spacial score (nSPS) is 13.7. The van der Waals surface area contributed by atoms with Gasteiger partial charge < -0.3 is 9.47 Å². The molecule has 2 atom stereocenters. The number of nitrogens with zero attached hydrogens (tertiary/aromatic N) is 5. The molecule has 1 N–H and O–H groups in total. The van der Waals surface area contributed by atoms with Crippen LogP contribution in [-0.4, -0.2) is 59.2 Å². The number of hydrogen-bond donors (Lipinski definition) is 1. The van der Waals surface area contributed by atoms with Gasteiger partial charge in [-0.2, -0.15) is 0 Å². The van der Waals surface area contributed by atoms with E-state index in [4.69, 9.17) is 21.1 Å². The molecule has 0 bridgehead atoms. The average molecular weight is 467 g/mol. The van der Waals surface area contributed by atoms with Crippen molar-refractivity contribution in [3.05, 3.63) is 53.6 Å². The predicted molar refractivity (Wildman–Crippen MR) is 116 cm³/mol. The molecule has 0 fully saturated rings. The van der Waals surface area contributed by atoms with E-state index < -0.39 is 21.4 Å². The maximum atomic E-state index is 13.1. The first kappa shape index (κ1) is 23.1. The van der Waals surface area contributed by atoms with Crippen molar-refractivity contribution < 1.29 is 17.9 Å². The van der Waals surface area contributed by atoms with Gasteiger partial charge in [0, 0.05) is 32.2 Å². The molecule has 2 aromatic heterocycles. The number of aromatic nitrogens is 5. The maximum Gasteiger partial charge on any atom is 0.240 e. The zero-order chi connectivity index (χ0) is 22.4. The Hall–Kier alpha value is -2.60. The lowest BCUT2D eigenvalue weighted by molar-refractivity contribution is 0.0950. The van der Waals surface area contributed by atoms with Gasteiger partial charge in [0.25, 0.3) is 0 Å². The Morgan fingerprint density at radius 1 is 1.13 bits per heavy atom. The molecule has 31 heavy (non-hydrogen) atoms. The number of sulfonamides is 1. The lowest BCUT2D eigenvalue weighted by atomic mass is 10.2. The van der Waals surface area contributed by atoms with Crippen LogP contribution in [0.15, 0.2) is 42.7 Å². The first-order chi connectivity index (χ1) is 14.9. The molecular formula is C19H23ClN6O4S. The molecule has 0 saturated carbocycles. The van der Waals surface area contributed by atoms with E-state index >= 15 is 0 Å². The largest absolute Gasteiger partial charge is 0.383 e. The van der Waals surface area contributed by atoms with Crippen LogP contribution in [0.4, 0.5) is 5.95 Å². The van der Waals surface area contributed by atoms with Crippen molar-refractivity contribution >= 4 is 27.6 Å². The number of ether oxygens (including phenoxy) is 2. The molecule has 0 radical (unpaired) electrons. The summed E-state index contributed by atoms with van der Waals surface area (Å²) in [6.45, 7) is 2.21. The first-order valence-electron chi connectivity index (χ1n) is 9.36. The molecule has 0 aliphatic rings. The van der Waals surface area contributed by atoms with Gasteiger partial charge in [-0.25, -0.2) is 18.4 Å². The van der Waals surface area contributed by atoms with Gasteiger partial charge in [0.05, 0.1) is 18.2 Å². The molecule has 2 unspecified atom stereocenters. The van der Waals surface area contributed by atoms with E-state index in [1.165, 1.54) is 26.4 Å². The maximum absolute atomic E-state index is 13.1. The lowest BCUT2D eigenvalue weighted by Crippen LogP contribution is -2.33. The first-order valence-corrected chi connectivity index (χ1v) is 11.3. The van der Waals surface area contributed by atoms with E-state index in [1.54, 1.807) is 11.7 Å². The summed E-state index contributed by atoms with van der Waals surface area (Å²) in [6.07, 6.45) is 1.85. The summed E-state index contributed by atoms with van der Waals surface area (Å²) >= 11 is 5.82. The SMILES string of the molecule is COCCn1c(NS(=O)(=O)C(C)C(OC)c2ncc(Cl)cn2)nnc1-c1ccccc1. The molecule has 1 aromatic carbocycles. The quantitative estimate of drug-likeness (QED) is 0.483. The fourth-order valence-corrected chi connectivity index (χ4v) is 4.18. The predicted octanol–water partition coefficient (Wildman–Crippen LogP) is 2.55. The molecule has 3 aromatic rings. The summed E-state index contributed by atoms with van der Waals surface area (Å²) in [7, 11) is -0.996. The van der Waals surface area contributed by atoms with E-state index in [-0.39, 0.29) is 11.8 Å². The van der Waals surface area contributed by atoms with Gasteiger partial charge >= 0.3 is 0 Å². The van der Waals surface area contributed by atoms with Gasteiger partial charge in [0.15, 0.2) is 11.6 Å². The highest BCUT2D eigenvalue weighted by molar-refractivity contribution is 7.93. The van der Waals surface area contributed by atoms with Gasteiger partial charge in [-0.15, -0.1) is 10.2 Å². The van der Waals surface area contributed by atoms with E-state index in [1.807, 2.05) is 30.3 Å². The Labute approximate surface area is 185 Å². The summed E-state index contributed by atoms with van der Waals surface area (Å²) in [5.74, 6) is 0.803. The average Bonchev–Trinajstić information content (AvgIpc) is 3.16. The minimum absolute atomic E-state index is 0.0784.